The van der Waals surface area contributed by atoms with Gasteiger partial charge < -0.3 is 29.5 Å². The first-order valence-corrected chi connectivity index (χ1v) is 20.1. The van der Waals surface area contributed by atoms with Gasteiger partial charge in [-0.25, -0.2) is 13.8 Å². The molecule has 1 unspecified atom stereocenters. The third kappa shape index (κ3) is 8.30. The molecule has 2 aromatic carbocycles. The lowest BCUT2D eigenvalue weighted by Crippen LogP contribution is -2.70. The highest BCUT2D eigenvalue weighted by Gasteiger charge is 2.42. The lowest BCUT2D eigenvalue weighted by Gasteiger charge is -2.55. The molecule has 6 heterocycles. The molecule has 17 heteroatoms. The molecule has 0 bridgehead atoms. The molecule has 5 aliphatic rings. The van der Waals surface area contributed by atoms with Crippen molar-refractivity contribution in [2.24, 2.45) is 5.92 Å². The van der Waals surface area contributed by atoms with Crippen molar-refractivity contribution >= 4 is 52.3 Å². The molecule has 5 fully saturated rings. The van der Waals surface area contributed by atoms with E-state index in [2.05, 4.69) is 29.9 Å². The average molecular weight is 782 g/mol. The van der Waals surface area contributed by atoms with Crippen LogP contribution in [-0.2, 0) is 29.7 Å². The fourth-order valence-corrected chi connectivity index (χ4v) is 9.19. The van der Waals surface area contributed by atoms with Gasteiger partial charge in [0.25, 0.3) is 17.4 Å². The maximum Gasteiger partial charge on any atom is 0.321 e. The van der Waals surface area contributed by atoms with Gasteiger partial charge in [0.15, 0.2) is 0 Å². The van der Waals surface area contributed by atoms with Crippen molar-refractivity contribution in [2.75, 3.05) is 69.3 Å². The minimum Gasteiger partial charge on any atom is -0.493 e. The molecule has 2 amide bonds. The van der Waals surface area contributed by atoms with Gasteiger partial charge in [-0.3, -0.25) is 29.0 Å². The Labute approximate surface area is 320 Å². The zero-order valence-corrected chi connectivity index (χ0v) is 31.2. The Bertz CT molecular complexity index is 1960. The van der Waals surface area contributed by atoms with Gasteiger partial charge in [0.2, 0.25) is 0 Å². The molecular weight excluding hydrogens is 737 g/mol. The van der Waals surface area contributed by atoms with Gasteiger partial charge in [-0.2, -0.15) is 11.8 Å². The Morgan fingerprint density at radius 1 is 0.945 bits per heavy atom. The second kappa shape index (κ2) is 16.4. The number of halogens is 2. The number of nitrogens with zero attached hydrogens (tertiary/aromatic N) is 5. The standard InChI is InChI=1S/C38H45F2N7O7S/c39-29-13-24(41-31-2-4-35(49)47(38(31)51)54-22-48)1-3-33(29)46-18-26(19-46)45-16-25(17-45)44-9-5-23(6-10-44)20-53-27-14-30(40)36-32(15-27)42-34(43-37(36)50)21-55-28-7-11-52-12-8-28/h1,3,13-15,22-23,25-26,28,31,41H,2,4-12,16-21H2,(H,42,43,50). The first kappa shape index (κ1) is 37.6. The summed E-state index contributed by atoms with van der Waals surface area (Å²) in [5, 5.41) is 3.82. The summed E-state index contributed by atoms with van der Waals surface area (Å²) >= 11 is 1.74. The predicted molar refractivity (Wildman–Crippen MR) is 201 cm³/mol. The van der Waals surface area contributed by atoms with Gasteiger partial charge in [0.05, 0.1) is 23.6 Å². The number of aromatic nitrogens is 2. The fraction of sp³-hybridized carbons (Fsp3) is 0.553. The number of ether oxygens (including phenoxy) is 2. The summed E-state index contributed by atoms with van der Waals surface area (Å²) in [6, 6.07) is 7.73. The zero-order chi connectivity index (χ0) is 38.1. The first-order valence-electron chi connectivity index (χ1n) is 19.0. The summed E-state index contributed by atoms with van der Waals surface area (Å²) < 4.78 is 41.7. The molecule has 0 spiro atoms. The second-order valence-electron chi connectivity index (χ2n) is 15.0. The number of rotatable bonds is 13. The topological polar surface area (TPSA) is 150 Å². The minimum atomic E-state index is -0.811. The molecule has 3 aromatic rings. The van der Waals surface area contributed by atoms with Gasteiger partial charge in [-0.05, 0) is 69.3 Å². The summed E-state index contributed by atoms with van der Waals surface area (Å²) in [5.41, 5.74) is 0.743. The number of nitrogens with one attached hydrogen (secondary N) is 2. The summed E-state index contributed by atoms with van der Waals surface area (Å²) in [7, 11) is 0. The number of carbonyl (C=O) groups is 3. The number of aromatic amines is 1. The molecule has 1 atom stereocenters. The van der Waals surface area contributed by atoms with Crippen LogP contribution in [0.15, 0.2) is 35.1 Å². The molecule has 5 aliphatic heterocycles. The smallest absolute Gasteiger partial charge is 0.321 e. The molecule has 294 valence electrons. The summed E-state index contributed by atoms with van der Waals surface area (Å²) in [6.45, 7) is 7.35. The third-order valence-electron chi connectivity index (χ3n) is 11.5. The van der Waals surface area contributed by atoms with Crippen LogP contribution in [0.25, 0.3) is 10.9 Å². The van der Waals surface area contributed by atoms with Gasteiger partial charge in [0.1, 0.15) is 34.6 Å². The van der Waals surface area contributed by atoms with Crippen molar-refractivity contribution in [1.82, 2.24) is 24.8 Å². The van der Waals surface area contributed by atoms with Crippen LogP contribution in [0.3, 0.4) is 0 Å². The molecule has 0 aliphatic carbocycles. The van der Waals surface area contributed by atoms with Crippen molar-refractivity contribution in [3.63, 3.8) is 0 Å². The molecule has 0 saturated carbocycles. The van der Waals surface area contributed by atoms with Crippen LogP contribution in [-0.4, -0.2) is 126 Å². The van der Waals surface area contributed by atoms with E-state index in [0.717, 1.165) is 78.2 Å². The molecule has 8 rings (SSSR count). The summed E-state index contributed by atoms with van der Waals surface area (Å²) in [6.07, 6.45) is 4.14. The Balaban J connectivity index is 0.757. The SMILES string of the molecule is O=CON1C(=O)CCC(Nc2ccc(N3CC(N4CC(N5CCC(COc6cc(F)c7c(=O)[nH]c(CSC8CCOCC8)nc7c6)CC5)C4)C3)c(F)c2)C1=O. The van der Waals surface area contributed by atoms with Crippen LogP contribution in [0.5, 0.6) is 5.75 Å². The largest absolute Gasteiger partial charge is 0.493 e. The van der Waals surface area contributed by atoms with E-state index in [1.54, 1.807) is 30.0 Å². The molecule has 0 radical (unpaired) electrons. The number of fused-ring (bicyclic) bond motifs is 1. The van der Waals surface area contributed by atoms with Crippen molar-refractivity contribution in [2.45, 2.75) is 67.7 Å². The number of anilines is 2. The summed E-state index contributed by atoms with van der Waals surface area (Å²) in [4.78, 5) is 66.6. The van der Waals surface area contributed by atoms with Crippen molar-refractivity contribution in [3.05, 3.63) is 58.1 Å². The van der Waals surface area contributed by atoms with Crippen molar-refractivity contribution < 1.29 is 37.5 Å². The third-order valence-corrected chi connectivity index (χ3v) is 12.9. The van der Waals surface area contributed by atoms with Gasteiger partial charge in [-0.15, -0.1) is 5.06 Å². The number of thioether (sulfide) groups is 1. The van der Waals surface area contributed by atoms with Crippen LogP contribution < -0.4 is 20.5 Å². The molecule has 55 heavy (non-hydrogen) atoms. The maximum atomic E-state index is 15.2. The van der Waals surface area contributed by atoms with Gasteiger partial charge in [0, 0.05) is 81.0 Å². The number of piperidine rings is 2. The van der Waals surface area contributed by atoms with E-state index in [1.165, 1.54) is 12.1 Å². The number of amides is 2. The number of carbonyl (C=O) groups excluding carboxylic acids is 3. The van der Waals surface area contributed by atoms with Crippen LogP contribution in [0.1, 0.15) is 44.3 Å². The van der Waals surface area contributed by atoms with Gasteiger partial charge >= 0.3 is 6.47 Å². The van der Waals surface area contributed by atoms with E-state index < -0.39 is 35.0 Å². The van der Waals surface area contributed by atoms with Crippen LogP contribution in [0.2, 0.25) is 0 Å². The molecule has 14 nitrogen and oxygen atoms in total. The summed E-state index contributed by atoms with van der Waals surface area (Å²) in [5.74, 6) is -0.497. The van der Waals surface area contributed by atoms with Crippen LogP contribution in [0.4, 0.5) is 20.2 Å². The number of H-pyrrole nitrogens is 1. The Morgan fingerprint density at radius 2 is 1.71 bits per heavy atom. The highest BCUT2D eigenvalue weighted by atomic mass is 32.2. The van der Waals surface area contributed by atoms with E-state index in [-0.39, 0.29) is 24.7 Å². The first-order chi connectivity index (χ1) is 26.7. The fourth-order valence-electron chi connectivity index (χ4n) is 8.14. The highest BCUT2D eigenvalue weighted by Crippen LogP contribution is 2.33. The van der Waals surface area contributed by atoms with E-state index >= 15 is 8.78 Å². The van der Waals surface area contributed by atoms with Crippen LogP contribution in [0, 0.1) is 17.6 Å². The van der Waals surface area contributed by atoms with Crippen molar-refractivity contribution in [3.8, 4) is 5.75 Å². The lowest BCUT2D eigenvalue weighted by atomic mass is 9.93. The van der Waals surface area contributed by atoms with E-state index in [0.29, 0.717) is 69.1 Å². The van der Waals surface area contributed by atoms with E-state index in [1.807, 2.05) is 4.90 Å². The number of likely N-dealkylation sites (tertiary alicyclic amines) is 2. The quantitative estimate of drug-likeness (QED) is 0.193. The lowest BCUT2D eigenvalue weighted by molar-refractivity contribution is -0.197. The zero-order valence-electron chi connectivity index (χ0n) is 30.4. The number of imide groups is 1. The number of hydrogen-bond donors (Lipinski definition) is 2. The highest BCUT2D eigenvalue weighted by molar-refractivity contribution is 7.99. The van der Waals surface area contributed by atoms with E-state index in [4.69, 9.17) is 9.47 Å². The Hall–Kier alpha value is -4.32. The number of benzene rings is 2. The maximum absolute atomic E-state index is 15.2. The normalized spacial score (nSPS) is 22.5. The second-order valence-corrected chi connectivity index (χ2v) is 16.3. The number of hydroxylamine groups is 2. The predicted octanol–water partition coefficient (Wildman–Crippen LogP) is 3.29. The van der Waals surface area contributed by atoms with Crippen molar-refractivity contribution in [1.29, 1.82) is 0 Å². The Morgan fingerprint density at radius 3 is 2.45 bits per heavy atom. The van der Waals surface area contributed by atoms with Gasteiger partial charge in [-0.1, -0.05) is 0 Å². The molecule has 5 saturated heterocycles. The monoisotopic (exact) mass is 781 g/mol. The van der Waals surface area contributed by atoms with E-state index in [9.17, 15) is 19.2 Å². The Kier molecular flexibility index (Phi) is 11.2. The molecular formula is C38H45F2N7O7S. The van der Waals surface area contributed by atoms with Crippen LogP contribution >= 0.6 is 11.8 Å². The number of hydrogen-bond acceptors (Lipinski definition) is 13. The molecule has 1 aromatic heterocycles. The molecule has 2 N–H and O–H groups in total. The minimum absolute atomic E-state index is 0.0234. The average Bonchev–Trinajstić information content (AvgIpc) is 3.14.